The Balaban J connectivity index is 2.09. The molecule has 0 fully saturated rings. The molecule has 6 nitrogen and oxygen atoms in total. The first-order valence-electron chi connectivity index (χ1n) is 5.75. The largest absolute Gasteiger partial charge is 0.397 e. The van der Waals surface area contributed by atoms with Gasteiger partial charge in [0.25, 0.3) is 5.91 Å². The van der Waals surface area contributed by atoms with Gasteiger partial charge in [-0.25, -0.2) is 4.98 Å². The summed E-state index contributed by atoms with van der Waals surface area (Å²) in [6.45, 7) is 0.277. The van der Waals surface area contributed by atoms with Gasteiger partial charge in [0.05, 0.1) is 5.69 Å². The van der Waals surface area contributed by atoms with Crippen LogP contribution in [0, 0.1) is 0 Å². The number of anilines is 1. The van der Waals surface area contributed by atoms with Gasteiger partial charge in [0, 0.05) is 31.6 Å². The van der Waals surface area contributed by atoms with Crippen LogP contribution in [0.15, 0.2) is 18.3 Å². The lowest BCUT2D eigenvalue weighted by atomic mass is 10.2. The second-order valence-electron chi connectivity index (χ2n) is 3.88. The molecule has 0 aliphatic rings. The van der Waals surface area contributed by atoms with E-state index in [1.165, 1.54) is 11.3 Å². The summed E-state index contributed by atoms with van der Waals surface area (Å²) < 4.78 is 0. The zero-order valence-corrected chi connectivity index (χ0v) is 11.2. The second-order valence-corrected chi connectivity index (χ2v) is 4.88. The van der Waals surface area contributed by atoms with Crippen molar-refractivity contribution in [2.24, 2.45) is 0 Å². The second kappa shape index (κ2) is 5.66. The van der Waals surface area contributed by atoms with Crippen molar-refractivity contribution in [1.29, 1.82) is 0 Å². The van der Waals surface area contributed by atoms with Crippen molar-refractivity contribution in [3.8, 4) is 0 Å². The molecule has 0 aliphatic carbocycles. The Labute approximate surface area is 114 Å². The summed E-state index contributed by atoms with van der Waals surface area (Å²) in [4.78, 5) is 28.3. The van der Waals surface area contributed by atoms with E-state index in [-0.39, 0.29) is 24.8 Å². The van der Waals surface area contributed by atoms with Gasteiger partial charge in [-0.15, -0.1) is 11.3 Å². The number of fused-ring (bicyclic) bond motifs is 1. The summed E-state index contributed by atoms with van der Waals surface area (Å²) in [6, 6.07) is 3.61. The molecule has 0 unspecified atom stereocenters. The fraction of sp³-hybridized carbons (Fsp3) is 0.250. The molecule has 2 aromatic rings. The minimum absolute atomic E-state index is 0.119. The number of carbonyl (C=O) groups excluding carboxylic acids is 2. The van der Waals surface area contributed by atoms with E-state index in [1.54, 1.807) is 19.3 Å². The molecule has 0 radical (unpaired) electrons. The van der Waals surface area contributed by atoms with E-state index >= 15 is 0 Å². The van der Waals surface area contributed by atoms with Gasteiger partial charge < -0.3 is 16.4 Å². The molecule has 0 spiro atoms. The van der Waals surface area contributed by atoms with E-state index in [1.807, 2.05) is 6.07 Å². The topological polar surface area (TPSA) is 97.1 Å². The van der Waals surface area contributed by atoms with Crippen LogP contribution in [-0.4, -0.2) is 30.4 Å². The van der Waals surface area contributed by atoms with Crippen LogP contribution in [0.5, 0.6) is 0 Å². The third-order valence-electron chi connectivity index (χ3n) is 2.63. The fourth-order valence-electron chi connectivity index (χ4n) is 1.61. The zero-order chi connectivity index (χ0) is 13.8. The molecular formula is C12H14N4O2S. The first kappa shape index (κ1) is 13.3. The standard InChI is InChI=1S/C12H14N4O2S/c1-14-8(17)4-6-15-11(18)10-9(13)7-3-2-5-16-12(7)19-10/h2-3,5H,4,6,13H2,1H3,(H,14,17)(H,15,18). The minimum atomic E-state index is -0.274. The summed E-state index contributed by atoms with van der Waals surface area (Å²) in [7, 11) is 1.56. The van der Waals surface area contributed by atoms with Crippen LogP contribution in [0.25, 0.3) is 10.2 Å². The molecule has 100 valence electrons. The van der Waals surface area contributed by atoms with Crippen LogP contribution in [0.2, 0.25) is 0 Å². The molecule has 0 bridgehead atoms. The molecule has 19 heavy (non-hydrogen) atoms. The average molecular weight is 278 g/mol. The van der Waals surface area contributed by atoms with E-state index in [0.29, 0.717) is 10.6 Å². The van der Waals surface area contributed by atoms with Crippen molar-refractivity contribution in [2.75, 3.05) is 19.3 Å². The molecular weight excluding hydrogens is 264 g/mol. The van der Waals surface area contributed by atoms with Crippen LogP contribution >= 0.6 is 11.3 Å². The zero-order valence-electron chi connectivity index (χ0n) is 10.4. The highest BCUT2D eigenvalue weighted by atomic mass is 32.1. The number of nitrogens with two attached hydrogens (primary N) is 1. The Morgan fingerprint density at radius 3 is 2.95 bits per heavy atom. The van der Waals surface area contributed by atoms with Crippen LogP contribution in [0.1, 0.15) is 16.1 Å². The number of carbonyl (C=O) groups is 2. The van der Waals surface area contributed by atoms with Crippen molar-refractivity contribution < 1.29 is 9.59 Å². The van der Waals surface area contributed by atoms with E-state index in [0.717, 1.165) is 10.2 Å². The number of amides is 2. The van der Waals surface area contributed by atoms with Gasteiger partial charge in [0.15, 0.2) is 0 Å². The van der Waals surface area contributed by atoms with E-state index < -0.39 is 0 Å². The Morgan fingerprint density at radius 2 is 2.26 bits per heavy atom. The van der Waals surface area contributed by atoms with Gasteiger partial charge in [-0.2, -0.15) is 0 Å². The summed E-state index contributed by atoms with van der Waals surface area (Å²) >= 11 is 1.25. The SMILES string of the molecule is CNC(=O)CCNC(=O)c1sc2ncccc2c1N. The first-order valence-corrected chi connectivity index (χ1v) is 6.57. The third-order valence-corrected chi connectivity index (χ3v) is 3.76. The first-order chi connectivity index (χ1) is 9.13. The number of aromatic nitrogens is 1. The maximum absolute atomic E-state index is 12.0. The molecule has 2 rings (SSSR count). The Morgan fingerprint density at radius 1 is 1.47 bits per heavy atom. The number of thiophene rings is 1. The minimum Gasteiger partial charge on any atom is -0.397 e. The molecule has 0 saturated heterocycles. The quantitative estimate of drug-likeness (QED) is 0.768. The maximum Gasteiger partial charge on any atom is 0.263 e. The van der Waals surface area contributed by atoms with E-state index in [2.05, 4.69) is 15.6 Å². The number of rotatable bonds is 4. The monoisotopic (exact) mass is 278 g/mol. The fourth-order valence-corrected chi connectivity index (χ4v) is 2.59. The van der Waals surface area contributed by atoms with Gasteiger partial charge >= 0.3 is 0 Å². The van der Waals surface area contributed by atoms with Crippen molar-refractivity contribution in [3.05, 3.63) is 23.2 Å². The van der Waals surface area contributed by atoms with Crippen molar-refractivity contribution in [3.63, 3.8) is 0 Å². The smallest absolute Gasteiger partial charge is 0.263 e. The lowest BCUT2D eigenvalue weighted by Gasteiger charge is -2.03. The van der Waals surface area contributed by atoms with E-state index in [9.17, 15) is 9.59 Å². The number of nitrogen functional groups attached to an aromatic ring is 1. The average Bonchev–Trinajstić information content (AvgIpc) is 2.76. The molecule has 2 heterocycles. The van der Waals surface area contributed by atoms with Gasteiger partial charge in [-0.3, -0.25) is 9.59 Å². The number of pyridine rings is 1. The molecule has 2 aromatic heterocycles. The normalized spacial score (nSPS) is 10.4. The lowest BCUT2D eigenvalue weighted by Crippen LogP contribution is -2.29. The summed E-state index contributed by atoms with van der Waals surface area (Å²) in [6.07, 6.45) is 1.90. The molecule has 0 atom stereocenters. The molecule has 4 N–H and O–H groups in total. The predicted molar refractivity (Wildman–Crippen MR) is 75.0 cm³/mol. The van der Waals surface area contributed by atoms with Gasteiger partial charge in [0.2, 0.25) is 5.91 Å². The highest BCUT2D eigenvalue weighted by Crippen LogP contribution is 2.31. The number of hydrogen-bond donors (Lipinski definition) is 3. The van der Waals surface area contributed by atoms with Crippen LogP contribution in [0.3, 0.4) is 0 Å². The molecule has 0 saturated carbocycles. The van der Waals surface area contributed by atoms with Gasteiger partial charge in [-0.05, 0) is 12.1 Å². The van der Waals surface area contributed by atoms with E-state index in [4.69, 9.17) is 5.73 Å². The number of hydrogen-bond acceptors (Lipinski definition) is 5. The molecule has 7 heteroatoms. The third kappa shape index (κ3) is 2.82. The number of nitrogens with one attached hydrogen (secondary N) is 2. The highest BCUT2D eigenvalue weighted by molar-refractivity contribution is 7.21. The Hall–Kier alpha value is -2.15. The van der Waals surface area contributed by atoms with Crippen LogP contribution in [-0.2, 0) is 4.79 Å². The maximum atomic E-state index is 12.0. The summed E-state index contributed by atoms with van der Waals surface area (Å²) in [5, 5.41) is 5.94. The van der Waals surface area contributed by atoms with Crippen molar-refractivity contribution >= 4 is 39.1 Å². The number of nitrogens with zero attached hydrogens (tertiary/aromatic N) is 1. The van der Waals surface area contributed by atoms with Gasteiger partial charge in [0.1, 0.15) is 9.71 Å². The Kier molecular flexibility index (Phi) is 3.96. The highest BCUT2D eigenvalue weighted by Gasteiger charge is 2.16. The predicted octanol–water partition coefficient (Wildman–Crippen LogP) is 0.744. The van der Waals surface area contributed by atoms with Gasteiger partial charge in [-0.1, -0.05) is 0 Å². The summed E-state index contributed by atoms with van der Waals surface area (Å²) in [5.41, 5.74) is 6.36. The van der Waals surface area contributed by atoms with Crippen molar-refractivity contribution in [1.82, 2.24) is 15.6 Å². The molecule has 2 amide bonds. The molecule has 0 aliphatic heterocycles. The summed E-state index contributed by atoms with van der Waals surface area (Å²) in [5.74, 6) is -0.393. The molecule has 0 aromatic carbocycles. The lowest BCUT2D eigenvalue weighted by molar-refractivity contribution is -0.120. The van der Waals surface area contributed by atoms with Crippen molar-refractivity contribution in [2.45, 2.75) is 6.42 Å². The van der Waals surface area contributed by atoms with Crippen LogP contribution < -0.4 is 16.4 Å². The van der Waals surface area contributed by atoms with Crippen LogP contribution in [0.4, 0.5) is 5.69 Å². The Bertz CT molecular complexity index is 623.